The van der Waals surface area contributed by atoms with Gasteiger partial charge in [0.1, 0.15) is 0 Å². The van der Waals surface area contributed by atoms with Crippen molar-refractivity contribution in [3.8, 4) is 0 Å². The lowest BCUT2D eigenvalue weighted by molar-refractivity contribution is 0.102. The van der Waals surface area contributed by atoms with Crippen LogP contribution in [0, 0.1) is 5.92 Å². The molecule has 0 saturated carbocycles. The van der Waals surface area contributed by atoms with Gasteiger partial charge in [-0.25, -0.2) is 4.98 Å². The molecule has 1 fully saturated rings. The molecule has 0 bridgehead atoms. The maximum atomic E-state index is 6.04. The predicted molar refractivity (Wildman–Crippen MR) is 72.7 cm³/mol. The van der Waals surface area contributed by atoms with Crippen molar-refractivity contribution in [1.29, 1.82) is 0 Å². The van der Waals surface area contributed by atoms with E-state index in [4.69, 9.17) is 22.1 Å². The summed E-state index contributed by atoms with van der Waals surface area (Å²) in [6.45, 7) is 3.78. The SMILES string of the molecule is CC1OCCC1Cn1c(N)nc2ccc(Cl)cc21. The molecule has 0 spiro atoms. The number of aromatic nitrogens is 2. The molecular weight excluding hydrogens is 250 g/mol. The van der Waals surface area contributed by atoms with E-state index in [2.05, 4.69) is 11.9 Å². The monoisotopic (exact) mass is 265 g/mol. The Labute approximate surface area is 111 Å². The number of rotatable bonds is 2. The van der Waals surface area contributed by atoms with Gasteiger partial charge in [-0.1, -0.05) is 11.6 Å². The highest BCUT2D eigenvalue weighted by Gasteiger charge is 2.25. The van der Waals surface area contributed by atoms with E-state index in [-0.39, 0.29) is 6.10 Å². The fourth-order valence-electron chi connectivity index (χ4n) is 2.56. The Kier molecular flexibility index (Phi) is 2.92. The topological polar surface area (TPSA) is 53.1 Å². The lowest BCUT2D eigenvalue weighted by Crippen LogP contribution is -2.18. The lowest BCUT2D eigenvalue weighted by Gasteiger charge is -2.16. The van der Waals surface area contributed by atoms with E-state index in [1.165, 1.54) is 0 Å². The molecule has 2 aromatic rings. The summed E-state index contributed by atoms with van der Waals surface area (Å²) in [5.74, 6) is 1.04. The highest BCUT2D eigenvalue weighted by atomic mass is 35.5. The van der Waals surface area contributed by atoms with E-state index in [1.54, 1.807) is 0 Å². The predicted octanol–water partition coefficient (Wildman–Crippen LogP) is 2.70. The average Bonchev–Trinajstić information content (AvgIpc) is 2.86. The van der Waals surface area contributed by atoms with Crippen LogP contribution < -0.4 is 5.73 Å². The van der Waals surface area contributed by atoms with E-state index in [9.17, 15) is 0 Å². The highest BCUT2D eigenvalue weighted by molar-refractivity contribution is 6.31. The zero-order valence-electron chi connectivity index (χ0n) is 10.3. The molecule has 0 amide bonds. The molecule has 4 nitrogen and oxygen atoms in total. The smallest absolute Gasteiger partial charge is 0.201 e. The number of fused-ring (bicyclic) bond motifs is 1. The van der Waals surface area contributed by atoms with Crippen molar-refractivity contribution in [3.05, 3.63) is 23.2 Å². The Morgan fingerprint density at radius 3 is 3.11 bits per heavy atom. The van der Waals surface area contributed by atoms with Crippen LogP contribution in [0.15, 0.2) is 18.2 Å². The first-order chi connectivity index (χ1) is 8.65. The Morgan fingerprint density at radius 2 is 2.39 bits per heavy atom. The number of hydrogen-bond donors (Lipinski definition) is 1. The zero-order chi connectivity index (χ0) is 12.7. The third kappa shape index (κ3) is 1.95. The van der Waals surface area contributed by atoms with Crippen molar-refractivity contribution in [2.45, 2.75) is 26.0 Å². The van der Waals surface area contributed by atoms with Gasteiger partial charge in [0, 0.05) is 24.1 Å². The lowest BCUT2D eigenvalue weighted by atomic mass is 10.0. The summed E-state index contributed by atoms with van der Waals surface area (Å²) in [7, 11) is 0. The molecule has 5 heteroatoms. The van der Waals surface area contributed by atoms with Gasteiger partial charge in [-0.3, -0.25) is 0 Å². The maximum Gasteiger partial charge on any atom is 0.201 e. The molecule has 18 heavy (non-hydrogen) atoms. The number of hydrogen-bond acceptors (Lipinski definition) is 3. The number of nitrogen functional groups attached to an aromatic ring is 1. The van der Waals surface area contributed by atoms with Gasteiger partial charge in [0.15, 0.2) is 0 Å². The second-order valence-electron chi connectivity index (χ2n) is 4.84. The number of imidazole rings is 1. The molecule has 2 unspecified atom stereocenters. The molecular formula is C13H16ClN3O. The van der Waals surface area contributed by atoms with Crippen molar-refractivity contribution in [3.63, 3.8) is 0 Å². The zero-order valence-corrected chi connectivity index (χ0v) is 11.0. The van der Waals surface area contributed by atoms with Crippen LogP contribution in [0.3, 0.4) is 0 Å². The van der Waals surface area contributed by atoms with Crippen molar-refractivity contribution in [1.82, 2.24) is 9.55 Å². The number of anilines is 1. The van der Waals surface area contributed by atoms with Crippen molar-refractivity contribution >= 4 is 28.6 Å². The van der Waals surface area contributed by atoms with Crippen LogP contribution in [0.5, 0.6) is 0 Å². The van der Waals surface area contributed by atoms with Crippen LogP contribution >= 0.6 is 11.6 Å². The van der Waals surface area contributed by atoms with Gasteiger partial charge < -0.3 is 15.0 Å². The molecule has 96 valence electrons. The molecule has 1 aliphatic rings. The van der Waals surface area contributed by atoms with Crippen LogP contribution in [-0.2, 0) is 11.3 Å². The molecule has 2 atom stereocenters. The normalized spacial score (nSPS) is 23.9. The van der Waals surface area contributed by atoms with Gasteiger partial charge in [-0.05, 0) is 31.5 Å². The third-order valence-corrected chi connectivity index (χ3v) is 3.93. The second-order valence-corrected chi connectivity index (χ2v) is 5.27. The summed E-state index contributed by atoms with van der Waals surface area (Å²) in [6.07, 6.45) is 1.35. The minimum atomic E-state index is 0.279. The molecule has 1 aromatic heterocycles. The third-order valence-electron chi connectivity index (χ3n) is 3.69. The van der Waals surface area contributed by atoms with E-state index < -0.39 is 0 Å². The molecule has 2 N–H and O–H groups in total. The minimum absolute atomic E-state index is 0.279. The van der Waals surface area contributed by atoms with Crippen LogP contribution in [0.4, 0.5) is 5.95 Å². The summed E-state index contributed by atoms with van der Waals surface area (Å²) >= 11 is 6.04. The van der Waals surface area contributed by atoms with Crippen LogP contribution in [0.1, 0.15) is 13.3 Å². The molecule has 0 radical (unpaired) electrons. The second kappa shape index (κ2) is 4.44. The molecule has 1 aromatic carbocycles. The fourth-order valence-corrected chi connectivity index (χ4v) is 2.72. The Bertz CT molecular complexity index is 581. The Balaban J connectivity index is 1.99. The summed E-state index contributed by atoms with van der Waals surface area (Å²) in [6, 6.07) is 5.65. The van der Waals surface area contributed by atoms with E-state index in [0.717, 1.165) is 30.6 Å². The first-order valence-corrected chi connectivity index (χ1v) is 6.56. The Hall–Kier alpha value is -1.26. The van der Waals surface area contributed by atoms with Gasteiger partial charge in [0.2, 0.25) is 5.95 Å². The molecule has 2 heterocycles. The van der Waals surface area contributed by atoms with Gasteiger partial charge >= 0.3 is 0 Å². The molecule has 3 rings (SSSR count). The number of nitrogens with two attached hydrogens (primary N) is 1. The fraction of sp³-hybridized carbons (Fsp3) is 0.462. The summed E-state index contributed by atoms with van der Waals surface area (Å²) in [4.78, 5) is 4.36. The van der Waals surface area contributed by atoms with E-state index >= 15 is 0 Å². The maximum absolute atomic E-state index is 6.04. The summed E-state index contributed by atoms with van der Waals surface area (Å²) < 4.78 is 7.63. The van der Waals surface area contributed by atoms with Crippen LogP contribution in [0.25, 0.3) is 11.0 Å². The van der Waals surface area contributed by atoms with Gasteiger partial charge in [-0.2, -0.15) is 0 Å². The molecule has 1 aliphatic heterocycles. The van der Waals surface area contributed by atoms with Gasteiger partial charge in [0.05, 0.1) is 17.1 Å². The first kappa shape index (κ1) is 11.8. The molecule has 1 saturated heterocycles. The number of benzene rings is 1. The van der Waals surface area contributed by atoms with Crippen LogP contribution in [0.2, 0.25) is 5.02 Å². The molecule has 0 aliphatic carbocycles. The Morgan fingerprint density at radius 1 is 1.56 bits per heavy atom. The summed E-state index contributed by atoms with van der Waals surface area (Å²) in [5.41, 5.74) is 7.89. The van der Waals surface area contributed by atoms with E-state index in [0.29, 0.717) is 16.9 Å². The quantitative estimate of drug-likeness (QED) is 0.908. The number of ether oxygens (including phenoxy) is 1. The van der Waals surface area contributed by atoms with E-state index in [1.807, 2.05) is 22.8 Å². The number of nitrogens with zero attached hydrogens (tertiary/aromatic N) is 2. The summed E-state index contributed by atoms with van der Waals surface area (Å²) in [5, 5.41) is 0.708. The average molecular weight is 266 g/mol. The van der Waals surface area contributed by atoms with Crippen molar-refractivity contribution < 1.29 is 4.74 Å². The number of halogens is 1. The standard InChI is InChI=1S/C13H16ClN3O/c1-8-9(4-5-18-8)7-17-12-6-10(14)2-3-11(12)16-13(17)15/h2-3,6,8-9H,4-5,7H2,1H3,(H2,15,16). The van der Waals surface area contributed by atoms with Gasteiger partial charge in [0.25, 0.3) is 0 Å². The largest absolute Gasteiger partial charge is 0.378 e. The van der Waals surface area contributed by atoms with Crippen molar-refractivity contribution in [2.24, 2.45) is 5.92 Å². The first-order valence-electron chi connectivity index (χ1n) is 6.18. The highest BCUT2D eigenvalue weighted by Crippen LogP contribution is 2.27. The van der Waals surface area contributed by atoms with Crippen molar-refractivity contribution in [2.75, 3.05) is 12.3 Å². The van der Waals surface area contributed by atoms with Crippen LogP contribution in [-0.4, -0.2) is 22.3 Å². The van der Waals surface area contributed by atoms with Gasteiger partial charge in [-0.15, -0.1) is 0 Å². The minimum Gasteiger partial charge on any atom is -0.378 e.